The van der Waals surface area contributed by atoms with Crippen LogP contribution in [0.1, 0.15) is 31.9 Å². The average Bonchev–Trinajstić information content (AvgIpc) is 3.15. The number of piperazine rings is 1. The maximum atomic E-state index is 13.6. The van der Waals surface area contributed by atoms with E-state index in [1.54, 1.807) is 29.4 Å². The van der Waals surface area contributed by atoms with Crippen molar-refractivity contribution in [2.24, 2.45) is 0 Å². The lowest BCUT2D eigenvalue weighted by atomic mass is 10.1. The molecule has 7 heteroatoms. The summed E-state index contributed by atoms with van der Waals surface area (Å²) in [7, 11) is 0. The number of carbonyl (C=O) groups is 1. The molecule has 1 fully saturated rings. The molecule has 3 heterocycles. The lowest BCUT2D eigenvalue weighted by Crippen LogP contribution is -2.49. The molecule has 0 atom stereocenters. The lowest BCUT2D eigenvalue weighted by molar-refractivity contribution is 0.0743. The molecule has 0 unspecified atom stereocenters. The molecule has 34 heavy (non-hydrogen) atoms. The normalized spacial score (nSPS) is 14.1. The standard InChI is InChI=1S/C27H28N4OS2/c1-17-8-7-10-22(18(17)2)30-12-14-31(15-13-30)27(32)21-9-5-6-11-23(21)34-26-24-19(3)20(4)33-25(24)28-16-29-26/h5-11,16H,12-15H2,1-4H3. The number of hydrogen-bond acceptors (Lipinski definition) is 6. The zero-order valence-corrected chi connectivity index (χ0v) is 21.6. The van der Waals surface area contributed by atoms with Gasteiger partial charge in [0.25, 0.3) is 5.91 Å². The van der Waals surface area contributed by atoms with E-state index in [9.17, 15) is 4.79 Å². The van der Waals surface area contributed by atoms with E-state index in [1.807, 2.05) is 29.2 Å². The van der Waals surface area contributed by atoms with Gasteiger partial charge in [-0.05, 0) is 62.6 Å². The van der Waals surface area contributed by atoms with Gasteiger partial charge in [-0.25, -0.2) is 9.97 Å². The van der Waals surface area contributed by atoms with Gasteiger partial charge in [-0.3, -0.25) is 4.79 Å². The number of hydrogen-bond donors (Lipinski definition) is 0. The Morgan fingerprint density at radius 2 is 1.68 bits per heavy atom. The van der Waals surface area contributed by atoms with Crippen LogP contribution in [0.3, 0.4) is 0 Å². The quantitative estimate of drug-likeness (QED) is 0.328. The summed E-state index contributed by atoms with van der Waals surface area (Å²) in [5.41, 5.74) is 5.85. The van der Waals surface area contributed by atoms with Crippen molar-refractivity contribution in [3.63, 3.8) is 0 Å². The van der Waals surface area contributed by atoms with Gasteiger partial charge in [-0.15, -0.1) is 11.3 Å². The van der Waals surface area contributed by atoms with Crippen LogP contribution in [0.4, 0.5) is 5.69 Å². The van der Waals surface area contributed by atoms with Crippen LogP contribution in [0.25, 0.3) is 10.2 Å². The predicted molar refractivity (Wildman–Crippen MR) is 141 cm³/mol. The highest BCUT2D eigenvalue weighted by Gasteiger charge is 2.25. The smallest absolute Gasteiger partial charge is 0.255 e. The fourth-order valence-corrected chi connectivity index (χ4v) is 6.60. The van der Waals surface area contributed by atoms with Crippen molar-refractivity contribution in [1.82, 2.24) is 14.9 Å². The van der Waals surface area contributed by atoms with Gasteiger partial charge in [0.15, 0.2) is 0 Å². The van der Waals surface area contributed by atoms with E-state index in [0.29, 0.717) is 13.1 Å². The second kappa shape index (κ2) is 9.39. The van der Waals surface area contributed by atoms with E-state index in [-0.39, 0.29) is 5.91 Å². The zero-order valence-electron chi connectivity index (χ0n) is 20.0. The van der Waals surface area contributed by atoms with E-state index in [1.165, 1.54) is 27.3 Å². The maximum absolute atomic E-state index is 13.6. The number of anilines is 1. The fourth-order valence-electron chi connectivity index (χ4n) is 4.46. The topological polar surface area (TPSA) is 49.3 Å². The Hall–Kier alpha value is -2.90. The van der Waals surface area contributed by atoms with Gasteiger partial charge in [-0.1, -0.05) is 36.0 Å². The van der Waals surface area contributed by atoms with Gasteiger partial charge in [0.05, 0.1) is 5.56 Å². The van der Waals surface area contributed by atoms with Crippen LogP contribution in [-0.2, 0) is 0 Å². The van der Waals surface area contributed by atoms with Crippen LogP contribution >= 0.6 is 23.1 Å². The van der Waals surface area contributed by atoms with Gasteiger partial charge >= 0.3 is 0 Å². The minimum atomic E-state index is 0.0900. The molecule has 5 rings (SSSR count). The Labute approximate surface area is 208 Å². The number of carbonyl (C=O) groups excluding carboxylic acids is 1. The molecule has 4 aromatic rings. The van der Waals surface area contributed by atoms with Crippen LogP contribution in [-0.4, -0.2) is 47.0 Å². The molecule has 5 nitrogen and oxygen atoms in total. The third-order valence-corrected chi connectivity index (χ3v) is 8.93. The number of nitrogens with zero attached hydrogens (tertiary/aromatic N) is 4. The number of amides is 1. The van der Waals surface area contributed by atoms with E-state index >= 15 is 0 Å². The third kappa shape index (κ3) is 4.18. The summed E-state index contributed by atoms with van der Waals surface area (Å²) in [6, 6.07) is 14.3. The average molecular weight is 489 g/mol. The second-order valence-electron chi connectivity index (χ2n) is 8.74. The van der Waals surface area contributed by atoms with E-state index < -0.39 is 0 Å². The highest BCUT2D eigenvalue weighted by atomic mass is 32.2. The van der Waals surface area contributed by atoms with Crippen LogP contribution in [0.5, 0.6) is 0 Å². The van der Waals surface area contributed by atoms with Crippen molar-refractivity contribution in [2.45, 2.75) is 37.6 Å². The van der Waals surface area contributed by atoms with Crippen molar-refractivity contribution in [3.05, 3.63) is 75.9 Å². The molecule has 174 valence electrons. The minimum absolute atomic E-state index is 0.0900. The summed E-state index contributed by atoms with van der Waals surface area (Å²) in [4.78, 5) is 30.2. The van der Waals surface area contributed by atoms with Crippen LogP contribution in [0.15, 0.2) is 58.7 Å². The van der Waals surface area contributed by atoms with Crippen molar-refractivity contribution in [3.8, 4) is 0 Å². The second-order valence-corrected chi connectivity index (χ2v) is 11.0. The van der Waals surface area contributed by atoms with Gasteiger partial charge in [0, 0.05) is 47.0 Å². The summed E-state index contributed by atoms with van der Waals surface area (Å²) in [5, 5.41) is 2.01. The zero-order chi connectivity index (χ0) is 23.8. The molecular weight excluding hydrogens is 460 g/mol. The van der Waals surface area contributed by atoms with Crippen molar-refractivity contribution >= 4 is 44.9 Å². The molecule has 0 aliphatic carbocycles. The van der Waals surface area contributed by atoms with Gasteiger partial charge in [0.2, 0.25) is 0 Å². The van der Waals surface area contributed by atoms with Crippen LogP contribution in [0, 0.1) is 27.7 Å². The lowest BCUT2D eigenvalue weighted by Gasteiger charge is -2.37. The third-order valence-electron chi connectivity index (χ3n) is 6.74. The maximum Gasteiger partial charge on any atom is 0.255 e. The highest BCUT2D eigenvalue weighted by Crippen LogP contribution is 2.38. The molecule has 1 aliphatic heterocycles. The first-order valence-electron chi connectivity index (χ1n) is 11.5. The Bertz CT molecular complexity index is 1370. The summed E-state index contributed by atoms with van der Waals surface area (Å²) >= 11 is 3.25. The van der Waals surface area contributed by atoms with Crippen LogP contribution < -0.4 is 4.90 Å². The van der Waals surface area contributed by atoms with E-state index in [2.05, 4.69) is 60.8 Å². The Balaban J connectivity index is 1.36. The molecular formula is C27H28N4OS2. The predicted octanol–water partition coefficient (Wildman–Crippen LogP) is 6.04. The molecule has 1 saturated heterocycles. The first kappa shape index (κ1) is 22.9. The Morgan fingerprint density at radius 1 is 0.912 bits per heavy atom. The SMILES string of the molecule is Cc1cccc(N2CCN(C(=O)c3ccccc3Sc3ncnc4sc(C)c(C)c34)CC2)c1C. The molecule has 0 saturated carbocycles. The Kier molecular flexibility index (Phi) is 6.32. The van der Waals surface area contributed by atoms with Gasteiger partial charge < -0.3 is 9.80 Å². The first-order valence-corrected chi connectivity index (χ1v) is 13.2. The molecule has 0 spiro atoms. The van der Waals surface area contributed by atoms with Crippen molar-refractivity contribution < 1.29 is 4.79 Å². The molecule has 0 N–H and O–H groups in total. The summed E-state index contributed by atoms with van der Waals surface area (Å²) in [6.45, 7) is 11.7. The number of fused-ring (bicyclic) bond motifs is 1. The Morgan fingerprint density at radius 3 is 2.47 bits per heavy atom. The number of aromatic nitrogens is 2. The van der Waals surface area contributed by atoms with Gasteiger partial charge in [-0.2, -0.15) is 0 Å². The van der Waals surface area contributed by atoms with Crippen molar-refractivity contribution in [1.29, 1.82) is 0 Å². The van der Waals surface area contributed by atoms with E-state index in [0.717, 1.165) is 38.8 Å². The fraction of sp³-hybridized carbons (Fsp3) is 0.296. The number of aryl methyl sites for hydroxylation is 3. The minimum Gasteiger partial charge on any atom is -0.368 e. The molecule has 0 bridgehead atoms. The first-order chi connectivity index (χ1) is 16.4. The molecule has 0 radical (unpaired) electrons. The molecule has 2 aromatic carbocycles. The van der Waals surface area contributed by atoms with Gasteiger partial charge in [0.1, 0.15) is 16.2 Å². The molecule has 1 amide bonds. The highest BCUT2D eigenvalue weighted by molar-refractivity contribution is 7.99. The van der Waals surface area contributed by atoms with E-state index in [4.69, 9.17) is 0 Å². The number of rotatable bonds is 4. The summed E-state index contributed by atoms with van der Waals surface area (Å²) < 4.78 is 0. The summed E-state index contributed by atoms with van der Waals surface area (Å²) in [5.74, 6) is 0.0900. The monoisotopic (exact) mass is 488 g/mol. The number of thiophene rings is 1. The number of benzene rings is 2. The summed E-state index contributed by atoms with van der Waals surface area (Å²) in [6.07, 6.45) is 1.62. The largest absolute Gasteiger partial charge is 0.368 e. The van der Waals surface area contributed by atoms with Crippen molar-refractivity contribution in [2.75, 3.05) is 31.1 Å². The molecule has 1 aliphatic rings. The molecule has 2 aromatic heterocycles. The van der Waals surface area contributed by atoms with Crippen LogP contribution in [0.2, 0.25) is 0 Å².